The summed E-state index contributed by atoms with van der Waals surface area (Å²) in [6.07, 6.45) is 0. The van der Waals surface area contributed by atoms with Crippen LogP contribution in [0.4, 0.5) is 0 Å². The maximum absolute atomic E-state index is 11.5. The topological polar surface area (TPSA) is 159 Å². The van der Waals surface area contributed by atoms with E-state index in [0.717, 1.165) is 0 Å². The molecule has 0 spiro atoms. The van der Waals surface area contributed by atoms with E-state index in [9.17, 15) is 19.2 Å². The molecule has 0 aliphatic rings. The molecule has 0 aromatic rings. The van der Waals surface area contributed by atoms with Crippen LogP contribution >= 0.6 is 0 Å². The Balaban J connectivity index is 5.60. The fourth-order valence-corrected chi connectivity index (χ4v) is 1.10. The van der Waals surface area contributed by atoms with Crippen LogP contribution in [-0.2, 0) is 19.2 Å². The van der Waals surface area contributed by atoms with E-state index < -0.39 is 36.7 Å². The third-order valence-corrected chi connectivity index (χ3v) is 1.92. The number of carbonyl (C=O) groups excluding carboxylic acids is 2. The second-order valence-corrected chi connectivity index (χ2v) is 2.93. The molecule has 9 nitrogen and oxygen atoms in total. The molecule has 0 rings (SSSR count). The molecular formula is C6H11B2N3O6. The Morgan fingerprint density at radius 3 is 1.76 bits per heavy atom. The molecule has 6 N–H and O–H groups in total. The zero-order valence-corrected chi connectivity index (χ0v) is 9.02. The van der Waals surface area contributed by atoms with Crippen molar-refractivity contribution in [2.45, 2.75) is 6.82 Å². The minimum absolute atomic E-state index is 0.0168. The standard InChI is InChI=1S/C6H11B2N3O6/c1-7-10-2(12)6(4(14)15,5(16)17)3(13)11-8-9/h7-8H,9H2,1H3,(H,10,12)(H,11,13)(H,14,15)(H,16,17). The highest BCUT2D eigenvalue weighted by molar-refractivity contribution is 6.45. The number of rotatable bonds is 6. The van der Waals surface area contributed by atoms with Gasteiger partial charge in [-0.3, -0.25) is 9.59 Å². The molecule has 0 aliphatic heterocycles. The zero-order valence-electron chi connectivity index (χ0n) is 9.02. The van der Waals surface area contributed by atoms with Gasteiger partial charge in [-0.2, -0.15) is 0 Å². The van der Waals surface area contributed by atoms with Crippen LogP contribution in [0.25, 0.3) is 0 Å². The third-order valence-electron chi connectivity index (χ3n) is 1.92. The molecule has 0 bridgehead atoms. The lowest BCUT2D eigenvalue weighted by Crippen LogP contribution is -2.62. The van der Waals surface area contributed by atoms with Gasteiger partial charge < -0.3 is 26.3 Å². The van der Waals surface area contributed by atoms with Crippen LogP contribution in [0.2, 0.25) is 6.82 Å². The first-order valence-electron chi connectivity index (χ1n) is 4.59. The second-order valence-electron chi connectivity index (χ2n) is 2.93. The van der Waals surface area contributed by atoms with Crippen molar-refractivity contribution >= 4 is 38.7 Å². The Morgan fingerprint density at radius 2 is 1.47 bits per heavy atom. The Labute approximate surface area is 97.3 Å². The smallest absolute Gasteiger partial charge is 0.340 e. The zero-order chi connectivity index (χ0) is 13.6. The maximum atomic E-state index is 11.5. The first-order chi connectivity index (χ1) is 7.85. The van der Waals surface area contributed by atoms with Gasteiger partial charge in [0.15, 0.2) is 0 Å². The average Bonchev–Trinajstić information content (AvgIpc) is 2.17. The molecule has 2 amide bonds. The molecule has 0 aliphatic carbocycles. The van der Waals surface area contributed by atoms with E-state index in [1.165, 1.54) is 6.82 Å². The van der Waals surface area contributed by atoms with Gasteiger partial charge in [-0.1, -0.05) is 6.82 Å². The summed E-state index contributed by atoms with van der Waals surface area (Å²) in [5, 5.41) is 21.5. The molecule has 0 saturated carbocycles. The van der Waals surface area contributed by atoms with Crippen LogP contribution in [0.5, 0.6) is 0 Å². The van der Waals surface area contributed by atoms with Crippen LogP contribution in [0, 0.1) is 5.41 Å². The summed E-state index contributed by atoms with van der Waals surface area (Å²) in [4.78, 5) is 44.8. The van der Waals surface area contributed by atoms with Gasteiger partial charge in [0.1, 0.15) is 0 Å². The number of carbonyl (C=O) groups is 4. The summed E-state index contributed by atoms with van der Waals surface area (Å²) < 4.78 is 0. The van der Waals surface area contributed by atoms with Crippen molar-refractivity contribution in [1.82, 2.24) is 10.5 Å². The Bertz CT molecular complexity index is 326. The summed E-state index contributed by atoms with van der Waals surface area (Å²) in [6.45, 7) is 1.45. The molecule has 0 aromatic heterocycles. The predicted molar refractivity (Wildman–Crippen MR) is 58.3 cm³/mol. The van der Waals surface area contributed by atoms with E-state index in [0.29, 0.717) is 0 Å². The molecule has 11 heteroatoms. The normalized spacial score (nSPS) is 10.0. The summed E-state index contributed by atoms with van der Waals surface area (Å²) in [6, 6.07) is 0. The van der Waals surface area contributed by atoms with Crippen LogP contribution in [0.1, 0.15) is 0 Å². The van der Waals surface area contributed by atoms with Crippen molar-refractivity contribution in [2.75, 3.05) is 0 Å². The van der Waals surface area contributed by atoms with Gasteiger partial charge in [0.2, 0.25) is 19.2 Å². The highest BCUT2D eigenvalue weighted by atomic mass is 16.4. The van der Waals surface area contributed by atoms with Gasteiger partial charge in [0.25, 0.3) is 0 Å². The highest BCUT2D eigenvalue weighted by Crippen LogP contribution is 2.19. The SMILES string of the molecule is CBNC(=O)C(C(=O)O)(C(=O)O)C(=O)NBN. The van der Waals surface area contributed by atoms with E-state index in [1.807, 2.05) is 5.23 Å². The molecule has 0 fully saturated rings. The van der Waals surface area contributed by atoms with Crippen LogP contribution < -0.4 is 16.1 Å². The third kappa shape index (κ3) is 2.56. The van der Waals surface area contributed by atoms with Crippen molar-refractivity contribution in [3.05, 3.63) is 0 Å². The fourth-order valence-electron chi connectivity index (χ4n) is 1.10. The largest absolute Gasteiger partial charge is 0.480 e. The number of amides is 2. The van der Waals surface area contributed by atoms with E-state index in [4.69, 9.17) is 15.9 Å². The number of hydrogen-bond acceptors (Lipinski definition) is 5. The number of carboxylic acids is 2. The number of nitrogens with two attached hydrogens (primary N) is 1. The lowest BCUT2D eigenvalue weighted by molar-refractivity contribution is -0.171. The van der Waals surface area contributed by atoms with E-state index >= 15 is 0 Å². The maximum Gasteiger partial charge on any atom is 0.340 e. The van der Waals surface area contributed by atoms with Crippen molar-refractivity contribution in [3.8, 4) is 0 Å². The van der Waals surface area contributed by atoms with Crippen molar-refractivity contribution in [2.24, 2.45) is 11.1 Å². The fraction of sp³-hybridized carbons (Fsp3) is 0.333. The predicted octanol–water partition coefficient (Wildman–Crippen LogP) is -4.00. The van der Waals surface area contributed by atoms with E-state index in [2.05, 4.69) is 0 Å². The summed E-state index contributed by atoms with van der Waals surface area (Å²) in [5.74, 6) is -7.08. The van der Waals surface area contributed by atoms with Crippen LogP contribution in [0.3, 0.4) is 0 Å². The molecule has 92 valence electrons. The molecule has 0 saturated heterocycles. The van der Waals surface area contributed by atoms with Gasteiger partial charge in [-0.25, -0.2) is 9.59 Å². The molecule has 0 heterocycles. The Hall–Kier alpha value is -2.03. The number of carboxylic acid groups (broad SMARTS) is 2. The molecule has 0 aromatic carbocycles. The van der Waals surface area contributed by atoms with Gasteiger partial charge in [-0.05, 0) is 0 Å². The average molecular weight is 243 g/mol. The van der Waals surface area contributed by atoms with Gasteiger partial charge in [0, 0.05) is 0 Å². The van der Waals surface area contributed by atoms with Gasteiger partial charge in [-0.15, -0.1) is 0 Å². The molecular weight excluding hydrogens is 232 g/mol. The van der Waals surface area contributed by atoms with E-state index in [-0.39, 0.29) is 7.41 Å². The summed E-state index contributed by atoms with van der Waals surface area (Å²) in [5.41, 5.74) is 1.72. The second kappa shape index (κ2) is 5.89. The lowest BCUT2D eigenvalue weighted by Gasteiger charge is -2.22. The van der Waals surface area contributed by atoms with Crippen LogP contribution in [-0.4, -0.2) is 48.9 Å². The lowest BCUT2D eigenvalue weighted by atomic mass is 9.82. The molecule has 0 unspecified atom stereocenters. The molecule has 17 heavy (non-hydrogen) atoms. The van der Waals surface area contributed by atoms with Crippen molar-refractivity contribution < 1.29 is 29.4 Å². The Kier molecular flexibility index (Phi) is 5.19. The highest BCUT2D eigenvalue weighted by Gasteiger charge is 2.60. The minimum atomic E-state index is -3.23. The summed E-state index contributed by atoms with van der Waals surface area (Å²) >= 11 is 0. The van der Waals surface area contributed by atoms with Gasteiger partial charge in [0.05, 0.1) is 0 Å². The quantitative estimate of drug-likeness (QED) is 0.234. The number of nitrogens with one attached hydrogen (secondary N) is 2. The Morgan fingerprint density at radius 1 is 1.06 bits per heavy atom. The first kappa shape index (κ1) is 15.0. The minimum Gasteiger partial charge on any atom is -0.480 e. The number of aliphatic carboxylic acids is 2. The monoisotopic (exact) mass is 243 g/mol. The van der Waals surface area contributed by atoms with Crippen molar-refractivity contribution in [3.63, 3.8) is 0 Å². The van der Waals surface area contributed by atoms with E-state index in [1.54, 1.807) is 5.23 Å². The first-order valence-corrected chi connectivity index (χ1v) is 4.59. The molecule has 0 atom stereocenters. The van der Waals surface area contributed by atoms with Gasteiger partial charge >= 0.3 is 24.9 Å². The van der Waals surface area contributed by atoms with Crippen molar-refractivity contribution in [1.29, 1.82) is 0 Å². The summed E-state index contributed by atoms with van der Waals surface area (Å²) in [7, 11) is -0.502. The number of hydrogen-bond donors (Lipinski definition) is 5. The van der Waals surface area contributed by atoms with Crippen LogP contribution in [0.15, 0.2) is 0 Å². The molecule has 0 radical (unpaired) electrons.